The van der Waals surface area contributed by atoms with Crippen molar-refractivity contribution in [3.63, 3.8) is 0 Å². The van der Waals surface area contributed by atoms with Crippen LogP contribution in [0.5, 0.6) is 0 Å². The van der Waals surface area contributed by atoms with Crippen LogP contribution in [0.2, 0.25) is 0 Å². The number of rotatable bonds is 5. The van der Waals surface area contributed by atoms with E-state index in [1.54, 1.807) is 0 Å². The molecule has 2 saturated carbocycles. The number of unbranched alkanes of at least 4 members (excludes halogenated alkanes) is 1. The van der Waals surface area contributed by atoms with Crippen molar-refractivity contribution < 1.29 is 9.59 Å². The maximum atomic E-state index is 12.9. The Labute approximate surface area is 160 Å². The van der Waals surface area contributed by atoms with Crippen LogP contribution in [0, 0.1) is 17.8 Å². The first-order chi connectivity index (χ1) is 12.7. The third-order valence-electron chi connectivity index (χ3n) is 7.49. The highest BCUT2D eigenvalue weighted by Crippen LogP contribution is 2.47. The van der Waals surface area contributed by atoms with Gasteiger partial charge >= 0.3 is 6.03 Å². The molecule has 4 aliphatic heterocycles. The number of hydrogen-bond donors (Lipinski definition) is 2. The van der Waals surface area contributed by atoms with Gasteiger partial charge in [-0.05, 0) is 62.7 Å². The molecule has 0 spiro atoms. The van der Waals surface area contributed by atoms with Gasteiger partial charge in [-0.25, -0.2) is 4.79 Å². The Kier molecular flexibility index (Phi) is 4.58. The summed E-state index contributed by atoms with van der Waals surface area (Å²) >= 11 is 1.97. The summed E-state index contributed by atoms with van der Waals surface area (Å²) in [6.45, 7) is 1.04. The number of hydrogen-bond acceptors (Lipinski definition) is 3. The summed E-state index contributed by atoms with van der Waals surface area (Å²) in [7, 11) is 0. The van der Waals surface area contributed by atoms with E-state index in [4.69, 9.17) is 0 Å². The average Bonchev–Trinajstić information content (AvgIpc) is 3.07. The predicted octanol–water partition coefficient (Wildman–Crippen LogP) is 2.75. The van der Waals surface area contributed by atoms with E-state index in [9.17, 15) is 9.59 Å². The van der Waals surface area contributed by atoms with Gasteiger partial charge < -0.3 is 15.5 Å². The number of carbonyl (C=O) groups is 2. The van der Waals surface area contributed by atoms with E-state index in [1.165, 1.54) is 32.1 Å². The van der Waals surface area contributed by atoms with Crippen molar-refractivity contribution in [2.24, 2.45) is 17.8 Å². The lowest BCUT2D eigenvalue weighted by Crippen LogP contribution is -2.42. The summed E-state index contributed by atoms with van der Waals surface area (Å²) in [6, 6.07) is 1.14. The lowest BCUT2D eigenvalue weighted by Gasteiger charge is -2.39. The molecule has 0 aromatic heterocycles. The van der Waals surface area contributed by atoms with Crippen molar-refractivity contribution in [2.45, 2.75) is 81.2 Å². The number of fused-ring (bicyclic) bond motifs is 2. The van der Waals surface area contributed by atoms with Crippen molar-refractivity contribution in [1.82, 2.24) is 15.5 Å². The van der Waals surface area contributed by atoms with Crippen molar-refractivity contribution in [1.29, 1.82) is 0 Å². The maximum Gasteiger partial charge on any atom is 0.315 e. The first-order valence-corrected chi connectivity index (χ1v) is 11.7. The fourth-order valence-electron chi connectivity index (χ4n) is 6.50. The lowest BCUT2D eigenvalue weighted by molar-refractivity contribution is -0.134. The summed E-state index contributed by atoms with van der Waals surface area (Å²) in [6.07, 6.45) is 10.6. The number of thioether (sulfide) groups is 1. The van der Waals surface area contributed by atoms with E-state index >= 15 is 0 Å². The molecule has 144 valence electrons. The fraction of sp³-hybridized carbons (Fsp3) is 0.900. The van der Waals surface area contributed by atoms with Gasteiger partial charge in [0.25, 0.3) is 0 Å². The number of carbonyl (C=O) groups excluding carboxylic acids is 2. The quantitative estimate of drug-likeness (QED) is 0.572. The molecule has 5 nitrogen and oxygen atoms in total. The van der Waals surface area contributed by atoms with Crippen molar-refractivity contribution in [3.05, 3.63) is 0 Å². The van der Waals surface area contributed by atoms with Gasteiger partial charge in [0.2, 0.25) is 5.91 Å². The Balaban J connectivity index is 1.09. The van der Waals surface area contributed by atoms with Crippen LogP contribution in [0.4, 0.5) is 4.79 Å². The minimum atomic E-state index is -0.00851. The molecule has 2 aliphatic carbocycles. The molecule has 3 amide bonds. The number of nitrogens with one attached hydrogen (secondary N) is 2. The van der Waals surface area contributed by atoms with Crippen molar-refractivity contribution in [2.75, 3.05) is 12.3 Å². The zero-order chi connectivity index (χ0) is 17.7. The van der Waals surface area contributed by atoms with Gasteiger partial charge in [-0.2, -0.15) is 11.8 Å². The molecule has 26 heavy (non-hydrogen) atoms. The second-order valence-corrected chi connectivity index (χ2v) is 10.6. The topological polar surface area (TPSA) is 61.4 Å². The van der Waals surface area contributed by atoms with E-state index in [-0.39, 0.29) is 6.03 Å². The Hall–Kier alpha value is -0.910. The van der Waals surface area contributed by atoms with Gasteiger partial charge in [-0.15, -0.1) is 0 Å². The van der Waals surface area contributed by atoms with Crippen LogP contribution in [0.1, 0.15) is 57.8 Å². The summed E-state index contributed by atoms with van der Waals surface area (Å²) in [5.41, 5.74) is 0. The molecule has 4 heterocycles. The predicted molar refractivity (Wildman–Crippen MR) is 103 cm³/mol. The highest BCUT2D eigenvalue weighted by atomic mass is 32.2. The Morgan fingerprint density at radius 2 is 1.81 bits per heavy atom. The zero-order valence-electron chi connectivity index (χ0n) is 15.5. The molecular formula is C20H31N3O2S. The Morgan fingerprint density at radius 3 is 2.62 bits per heavy atom. The first kappa shape index (κ1) is 17.2. The molecule has 6 rings (SSSR count). The van der Waals surface area contributed by atoms with Gasteiger partial charge in [0.1, 0.15) is 0 Å². The van der Waals surface area contributed by atoms with Gasteiger partial charge in [0, 0.05) is 30.0 Å². The van der Waals surface area contributed by atoms with E-state index in [2.05, 4.69) is 15.5 Å². The van der Waals surface area contributed by atoms with Gasteiger partial charge in [-0.1, -0.05) is 6.42 Å². The SMILES string of the molecule is O=C1N[C@@H]2[C@@H](CS[C@@H]2CCCCC(=O)N2CC3C[C@@H]4CC2C[C@H](C3)C4)N1. The number of amides is 3. The van der Waals surface area contributed by atoms with E-state index in [0.717, 1.165) is 49.3 Å². The number of nitrogens with zero attached hydrogens (tertiary/aromatic N) is 1. The standard InChI is InChI=1S/C20H31N3O2S/c24-18(23-10-14-6-12-5-13(7-14)9-15(23)8-12)4-2-1-3-17-19-16(11-26-17)21-20(25)22-19/h12-17,19H,1-11H2,(H2,21,22,25)/t12-,13+,14?,15?,16-,17-,19-/m1/s1. The number of urea groups is 1. The van der Waals surface area contributed by atoms with Gasteiger partial charge in [0.15, 0.2) is 0 Å². The molecule has 4 saturated heterocycles. The van der Waals surface area contributed by atoms with E-state index < -0.39 is 0 Å². The fourth-order valence-corrected chi connectivity index (χ4v) is 8.04. The third kappa shape index (κ3) is 3.23. The van der Waals surface area contributed by atoms with E-state index in [0.29, 0.717) is 35.7 Å². The van der Waals surface area contributed by atoms with Gasteiger partial charge in [0.05, 0.1) is 12.1 Å². The highest BCUT2D eigenvalue weighted by molar-refractivity contribution is 8.00. The molecule has 6 fully saturated rings. The van der Waals surface area contributed by atoms with Crippen LogP contribution in [-0.4, -0.2) is 52.5 Å². The van der Waals surface area contributed by atoms with Crippen LogP contribution in [0.3, 0.4) is 0 Å². The van der Waals surface area contributed by atoms with Crippen LogP contribution >= 0.6 is 11.8 Å². The molecule has 0 aromatic rings. The minimum absolute atomic E-state index is 0.00851. The largest absolute Gasteiger partial charge is 0.339 e. The van der Waals surface area contributed by atoms with Gasteiger partial charge in [-0.3, -0.25) is 4.79 Å². The molecule has 0 aromatic carbocycles. The highest BCUT2D eigenvalue weighted by Gasteiger charge is 2.44. The molecule has 2 N–H and O–H groups in total. The molecule has 2 unspecified atom stereocenters. The van der Waals surface area contributed by atoms with Crippen LogP contribution in [0.25, 0.3) is 0 Å². The Bertz CT molecular complexity index is 571. The lowest BCUT2D eigenvalue weighted by atomic mass is 9.68. The maximum absolute atomic E-state index is 12.9. The average molecular weight is 378 g/mol. The summed E-state index contributed by atoms with van der Waals surface area (Å²) in [5, 5.41) is 6.57. The normalized spacial score (nSPS) is 43.2. The van der Waals surface area contributed by atoms with Crippen LogP contribution < -0.4 is 10.6 Å². The van der Waals surface area contributed by atoms with Crippen LogP contribution in [0.15, 0.2) is 0 Å². The second kappa shape index (κ2) is 6.92. The third-order valence-corrected chi connectivity index (χ3v) is 9.00. The molecule has 7 atom stereocenters. The van der Waals surface area contributed by atoms with Crippen molar-refractivity contribution in [3.8, 4) is 0 Å². The summed E-state index contributed by atoms with van der Waals surface area (Å²) in [5.74, 6) is 4.01. The smallest absolute Gasteiger partial charge is 0.315 e. The monoisotopic (exact) mass is 377 g/mol. The molecule has 6 aliphatic rings. The second-order valence-electron chi connectivity index (χ2n) is 9.34. The molecular weight excluding hydrogens is 346 g/mol. The molecule has 4 bridgehead atoms. The zero-order valence-corrected chi connectivity index (χ0v) is 16.3. The minimum Gasteiger partial charge on any atom is -0.339 e. The van der Waals surface area contributed by atoms with Crippen LogP contribution in [-0.2, 0) is 4.79 Å². The first-order valence-electron chi connectivity index (χ1n) is 10.6. The Morgan fingerprint density at radius 1 is 1.04 bits per heavy atom. The molecule has 6 heteroatoms. The molecule has 0 radical (unpaired) electrons. The van der Waals surface area contributed by atoms with Crippen molar-refractivity contribution >= 4 is 23.7 Å². The summed E-state index contributed by atoms with van der Waals surface area (Å²) in [4.78, 5) is 26.6. The summed E-state index contributed by atoms with van der Waals surface area (Å²) < 4.78 is 0. The van der Waals surface area contributed by atoms with E-state index in [1.807, 2.05) is 11.8 Å².